The summed E-state index contributed by atoms with van der Waals surface area (Å²) in [5, 5.41) is 7.62. The third kappa shape index (κ3) is 3.99. The molecule has 0 fully saturated rings. The van der Waals surface area contributed by atoms with Gasteiger partial charge in [-0.25, -0.2) is 0 Å². The van der Waals surface area contributed by atoms with E-state index >= 15 is 0 Å². The summed E-state index contributed by atoms with van der Waals surface area (Å²) in [7, 11) is 0. The SMILES string of the molecule is c1ccc2c(c1)-c1c(-c3ccc4c5c(cccc35)-c3cc(-c5cccc6c5sc5ccccc56)ccc3O4)cccc1C21c2ccccc2-c2cccc3cccc1c23. The summed E-state index contributed by atoms with van der Waals surface area (Å²) in [6, 6.07) is 72.4. The van der Waals surface area contributed by atoms with Crippen molar-refractivity contribution in [3.05, 3.63) is 216 Å². The fraction of sp³-hybridized carbons (Fsp3) is 0.0175. The largest absolute Gasteiger partial charge is 0.456 e. The lowest BCUT2D eigenvalue weighted by Crippen LogP contribution is -2.31. The monoisotopic (exact) mass is 764 g/mol. The standard InChI is InChI=1S/C57H32OS/c1-4-23-46-37(14-1)41-18-7-12-33-13-8-25-48(53(33)41)57(46)47-24-5-2-16-44(47)54-39(21-11-26-49(54)57)36-29-31-51-55-40(36)19-10-20-42(55)45-32-34(28-30-50(45)58-51)35-17-9-22-43-38-15-3-6-27-52(38)59-56(35)43/h1-32H. The van der Waals surface area contributed by atoms with Crippen molar-refractivity contribution in [1.82, 2.24) is 0 Å². The molecule has 0 radical (unpaired) electrons. The van der Waals surface area contributed by atoms with Crippen LogP contribution in [0.25, 0.3) is 97.4 Å². The van der Waals surface area contributed by atoms with Crippen LogP contribution in [0.3, 0.4) is 0 Å². The Labute approximate surface area is 345 Å². The second-order valence-corrected chi connectivity index (χ2v) is 17.3. The molecule has 0 saturated heterocycles. The quantitative estimate of drug-likeness (QED) is 0.170. The molecule has 1 unspecified atom stereocenters. The van der Waals surface area contributed by atoms with Gasteiger partial charge in [0.25, 0.3) is 0 Å². The highest BCUT2D eigenvalue weighted by Crippen LogP contribution is 2.63. The first-order valence-electron chi connectivity index (χ1n) is 20.4. The summed E-state index contributed by atoms with van der Waals surface area (Å²) in [5.41, 5.74) is 17.4. The summed E-state index contributed by atoms with van der Waals surface area (Å²) in [5.74, 6) is 1.80. The molecule has 2 heterocycles. The molecule has 3 aliphatic rings. The van der Waals surface area contributed by atoms with E-state index < -0.39 is 5.41 Å². The van der Waals surface area contributed by atoms with E-state index in [1.54, 1.807) is 0 Å². The van der Waals surface area contributed by atoms with Crippen molar-refractivity contribution in [1.29, 1.82) is 0 Å². The van der Waals surface area contributed by atoms with E-state index in [9.17, 15) is 0 Å². The minimum atomic E-state index is -0.464. The number of hydrogen-bond acceptors (Lipinski definition) is 2. The van der Waals surface area contributed by atoms with Crippen molar-refractivity contribution in [3.8, 4) is 67.1 Å². The third-order valence-corrected chi connectivity index (χ3v) is 14.7. The highest BCUT2D eigenvalue weighted by molar-refractivity contribution is 7.26. The van der Waals surface area contributed by atoms with Crippen molar-refractivity contribution in [2.24, 2.45) is 0 Å². The lowest BCUT2D eigenvalue weighted by molar-refractivity contribution is 0.487. The van der Waals surface area contributed by atoms with E-state index in [4.69, 9.17) is 4.74 Å². The normalized spacial score (nSPS) is 15.3. The second-order valence-electron chi connectivity index (χ2n) is 16.2. The smallest absolute Gasteiger partial charge is 0.135 e. The van der Waals surface area contributed by atoms with Gasteiger partial charge in [0.05, 0.1) is 5.41 Å². The maximum atomic E-state index is 6.81. The van der Waals surface area contributed by atoms with Crippen molar-refractivity contribution >= 4 is 53.1 Å². The third-order valence-electron chi connectivity index (χ3n) is 13.5. The Morgan fingerprint density at radius 3 is 1.86 bits per heavy atom. The second kappa shape index (κ2) is 11.4. The van der Waals surface area contributed by atoms with Gasteiger partial charge in [0.2, 0.25) is 0 Å². The first-order valence-corrected chi connectivity index (χ1v) is 21.2. The highest BCUT2D eigenvalue weighted by Gasteiger charge is 2.50. The molecule has 1 nitrogen and oxygen atoms in total. The summed E-state index contributed by atoms with van der Waals surface area (Å²) < 4.78 is 9.45. The van der Waals surface area contributed by atoms with Gasteiger partial charge in [-0.1, -0.05) is 170 Å². The molecule has 0 amide bonds. The molecule has 0 saturated carbocycles. The molecule has 2 aliphatic carbocycles. The molecular weight excluding hydrogens is 733 g/mol. The Bertz CT molecular complexity index is 3660. The van der Waals surface area contributed by atoms with E-state index in [-0.39, 0.29) is 0 Å². The summed E-state index contributed by atoms with van der Waals surface area (Å²) >= 11 is 1.88. The van der Waals surface area contributed by atoms with E-state index in [0.29, 0.717) is 0 Å². The molecule has 0 N–H and O–H groups in total. The predicted octanol–water partition coefficient (Wildman–Crippen LogP) is 15.8. The van der Waals surface area contributed by atoms with E-state index in [1.807, 2.05) is 11.3 Å². The Morgan fingerprint density at radius 1 is 0.356 bits per heavy atom. The maximum Gasteiger partial charge on any atom is 0.135 e. The lowest BCUT2D eigenvalue weighted by Gasteiger charge is -2.40. The molecule has 1 spiro atoms. The maximum absolute atomic E-state index is 6.81. The Kier molecular flexibility index (Phi) is 6.16. The average Bonchev–Trinajstić information content (AvgIpc) is 3.83. The molecular formula is C57H32OS. The molecule has 1 atom stereocenters. The van der Waals surface area contributed by atoms with Gasteiger partial charge < -0.3 is 4.74 Å². The Hall–Kier alpha value is -7.26. The highest BCUT2D eigenvalue weighted by atomic mass is 32.1. The van der Waals surface area contributed by atoms with E-state index in [2.05, 4.69) is 194 Å². The predicted molar refractivity (Wildman–Crippen MR) is 247 cm³/mol. The number of rotatable bonds is 2. The minimum Gasteiger partial charge on any atom is -0.456 e. The zero-order valence-corrected chi connectivity index (χ0v) is 32.6. The molecule has 272 valence electrons. The number of fused-ring (bicyclic) bond motifs is 14. The van der Waals surface area contributed by atoms with Crippen LogP contribution in [0, 0.1) is 0 Å². The number of hydrogen-bond donors (Lipinski definition) is 0. The van der Waals surface area contributed by atoms with Crippen molar-refractivity contribution in [2.45, 2.75) is 5.41 Å². The fourth-order valence-electron chi connectivity index (χ4n) is 11.2. The Balaban J connectivity index is 1.00. The molecule has 1 aromatic heterocycles. The van der Waals surface area contributed by atoms with Crippen LogP contribution in [-0.2, 0) is 5.41 Å². The van der Waals surface area contributed by atoms with Crippen molar-refractivity contribution < 1.29 is 4.74 Å². The lowest BCUT2D eigenvalue weighted by atomic mass is 9.61. The first kappa shape index (κ1) is 31.8. The zero-order valence-electron chi connectivity index (χ0n) is 31.8. The van der Waals surface area contributed by atoms with Crippen molar-refractivity contribution in [2.75, 3.05) is 0 Å². The Morgan fingerprint density at radius 2 is 0.966 bits per heavy atom. The van der Waals surface area contributed by atoms with Gasteiger partial charge in [-0.3, -0.25) is 0 Å². The van der Waals surface area contributed by atoms with Crippen molar-refractivity contribution in [3.63, 3.8) is 0 Å². The van der Waals surface area contributed by atoms with E-state index in [1.165, 1.54) is 109 Å². The van der Waals surface area contributed by atoms with Crippen LogP contribution in [0.2, 0.25) is 0 Å². The average molecular weight is 765 g/mol. The number of benzene rings is 10. The van der Waals surface area contributed by atoms with Gasteiger partial charge in [0.15, 0.2) is 0 Å². The van der Waals surface area contributed by atoms with Gasteiger partial charge in [0, 0.05) is 31.1 Å². The van der Waals surface area contributed by atoms with Crippen LogP contribution in [0.4, 0.5) is 0 Å². The molecule has 1 aliphatic heterocycles. The molecule has 10 aromatic carbocycles. The van der Waals surface area contributed by atoms with Gasteiger partial charge in [-0.05, 0) is 113 Å². The molecule has 0 bridgehead atoms. The van der Waals surface area contributed by atoms with Gasteiger partial charge in [-0.2, -0.15) is 0 Å². The van der Waals surface area contributed by atoms with Gasteiger partial charge >= 0.3 is 0 Å². The van der Waals surface area contributed by atoms with Crippen LogP contribution in [-0.4, -0.2) is 0 Å². The summed E-state index contributed by atoms with van der Waals surface area (Å²) in [6.45, 7) is 0. The number of ether oxygens (including phenoxy) is 1. The van der Waals surface area contributed by atoms with Gasteiger partial charge in [-0.15, -0.1) is 11.3 Å². The van der Waals surface area contributed by atoms with Gasteiger partial charge in [0.1, 0.15) is 11.5 Å². The minimum absolute atomic E-state index is 0.464. The molecule has 2 heteroatoms. The van der Waals surface area contributed by atoms with Crippen LogP contribution in [0.15, 0.2) is 194 Å². The van der Waals surface area contributed by atoms with E-state index in [0.717, 1.165) is 22.4 Å². The zero-order chi connectivity index (χ0) is 38.4. The first-order chi connectivity index (χ1) is 29.3. The van der Waals surface area contributed by atoms with Crippen LogP contribution in [0.5, 0.6) is 11.5 Å². The molecule has 14 rings (SSSR count). The topological polar surface area (TPSA) is 9.23 Å². The molecule has 59 heavy (non-hydrogen) atoms. The van der Waals surface area contributed by atoms with Crippen LogP contribution >= 0.6 is 11.3 Å². The van der Waals surface area contributed by atoms with Crippen LogP contribution < -0.4 is 4.74 Å². The summed E-state index contributed by atoms with van der Waals surface area (Å²) in [6.07, 6.45) is 0. The number of thiophene rings is 1. The van der Waals surface area contributed by atoms with Crippen LogP contribution in [0.1, 0.15) is 22.3 Å². The molecule has 11 aromatic rings. The summed E-state index contributed by atoms with van der Waals surface area (Å²) in [4.78, 5) is 0. The fourth-order valence-corrected chi connectivity index (χ4v) is 12.4.